The number of aryl methyl sites for hydroxylation is 4. The van der Waals surface area contributed by atoms with E-state index in [1.807, 2.05) is 39.8 Å². The van der Waals surface area contributed by atoms with Crippen molar-refractivity contribution in [2.75, 3.05) is 0 Å². The third-order valence-corrected chi connectivity index (χ3v) is 6.15. The Hall–Kier alpha value is -1.99. The highest BCUT2D eigenvalue weighted by molar-refractivity contribution is 7.14. The quantitative estimate of drug-likeness (QED) is 0.594. The number of Topliss-reactive ketones (excluding diaryl/α,β-unsaturated/α-hetero) is 1. The summed E-state index contributed by atoms with van der Waals surface area (Å²) >= 11 is 2.99. The van der Waals surface area contributed by atoms with Crippen molar-refractivity contribution in [1.82, 2.24) is 10.9 Å². The van der Waals surface area contributed by atoms with Crippen LogP contribution in [-0.2, 0) is 11.2 Å². The van der Waals surface area contributed by atoms with Gasteiger partial charge in [-0.3, -0.25) is 25.2 Å². The van der Waals surface area contributed by atoms with Crippen LogP contribution in [0.1, 0.15) is 60.0 Å². The van der Waals surface area contributed by atoms with E-state index in [0.717, 1.165) is 26.6 Å². The highest BCUT2D eigenvalue weighted by atomic mass is 32.1. The Morgan fingerprint density at radius 1 is 1.00 bits per heavy atom. The second-order valence-corrected chi connectivity index (χ2v) is 8.42. The van der Waals surface area contributed by atoms with Gasteiger partial charge in [-0.15, -0.1) is 22.7 Å². The zero-order valence-corrected chi connectivity index (χ0v) is 16.5. The highest BCUT2D eigenvalue weighted by Gasteiger charge is 2.15. The first-order valence-electron chi connectivity index (χ1n) is 8.10. The maximum atomic E-state index is 12.2. The number of carbonyl (C=O) groups excluding carboxylic acids is 3. The number of thiophene rings is 2. The van der Waals surface area contributed by atoms with Gasteiger partial charge in [0.15, 0.2) is 5.78 Å². The van der Waals surface area contributed by atoms with Crippen molar-refractivity contribution in [3.05, 3.63) is 42.8 Å². The third-order valence-electron chi connectivity index (χ3n) is 3.80. The second-order valence-electron chi connectivity index (χ2n) is 5.82. The molecule has 2 aromatic heterocycles. The number of hydrazine groups is 1. The van der Waals surface area contributed by atoms with Crippen LogP contribution in [0.25, 0.3) is 0 Å². The van der Waals surface area contributed by atoms with Gasteiger partial charge in [0.05, 0.1) is 4.88 Å². The molecule has 0 unspecified atom stereocenters. The molecule has 25 heavy (non-hydrogen) atoms. The first-order valence-corrected chi connectivity index (χ1v) is 9.73. The lowest BCUT2D eigenvalue weighted by molar-refractivity contribution is -0.121. The van der Waals surface area contributed by atoms with Crippen LogP contribution in [0.4, 0.5) is 0 Å². The van der Waals surface area contributed by atoms with E-state index in [1.165, 1.54) is 11.3 Å². The van der Waals surface area contributed by atoms with Gasteiger partial charge < -0.3 is 0 Å². The van der Waals surface area contributed by atoms with E-state index >= 15 is 0 Å². The van der Waals surface area contributed by atoms with Crippen molar-refractivity contribution in [1.29, 1.82) is 0 Å². The van der Waals surface area contributed by atoms with E-state index in [1.54, 1.807) is 11.3 Å². The predicted molar refractivity (Wildman–Crippen MR) is 101 cm³/mol. The fourth-order valence-electron chi connectivity index (χ4n) is 2.50. The number of hydrogen-bond acceptors (Lipinski definition) is 5. The van der Waals surface area contributed by atoms with E-state index < -0.39 is 0 Å². The zero-order valence-electron chi connectivity index (χ0n) is 14.8. The van der Waals surface area contributed by atoms with Crippen molar-refractivity contribution < 1.29 is 14.4 Å². The monoisotopic (exact) mass is 378 g/mol. The molecule has 2 heterocycles. The Morgan fingerprint density at radius 3 is 2.28 bits per heavy atom. The van der Waals surface area contributed by atoms with Gasteiger partial charge in [0, 0.05) is 33.0 Å². The van der Waals surface area contributed by atoms with Crippen molar-refractivity contribution in [3.63, 3.8) is 0 Å². The van der Waals surface area contributed by atoms with Gasteiger partial charge in [0.25, 0.3) is 5.91 Å². The molecule has 134 valence electrons. The van der Waals surface area contributed by atoms with Gasteiger partial charge in [-0.25, -0.2) is 0 Å². The van der Waals surface area contributed by atoms with Crippen molar-refractivity contribution in [3.8, 4) is 0 Å². The fourth-order valence-corrected chi connectivity index (χ4v) is 4.45. The van der Waals surface area contributed by atoms with Crippen molar-refractivity contribution >= 4 is 40.3 Å². The van der Waals surface area contributed by atoms with E-state index in [-0.39, 0.29) is 30.4 Å². The molecular formula is C18H22N2O3S2. The first-order chi connectivity index (χ1) is 11.8. The summed E-state index contributed by atoms with van der Waals surface area (Å²) in [4.78, 5) is 39.8. The first kappa shape index (κ1) is 19.3. The Bertz CT molecular complexity index is 805. The summed E-state index contributed by atoms with van der Waals surface area (Å²) in [5, 5.41) is 0. The minimum absolute atomic E-state index is 0.0388. The molecule has 7 heteroatoms. The smallest absolute Gasteiger partial charge is 0.279 e. The van der Waals surface area contributed by atoms with Crippen LogP contribution in [0.3, 0.4) is 0 Å². The summed E-state index contributed by atoms with van der Waals surface area (Å²) in [6.07, 6.45) is 1.04. The van der Waals surface area contributed by atoms with Crippen LogP contribution in [0, 0.1) is 20.8 Å². The lowest BCUT2D eigenvalue weighted by Crippen LogP contribution is -2.41. The number of amides is 2. The largest absolute Gasteiger partial charge is 0.294 e. The average molecular weight is 379 g/mol. The number of rotatable bonds is 6. The molecule has 0 saturated heterocycles. The average Bonchev–Trinajstić information content (AvgIpc) is 3.11. The maximum Gasteiger partial charge on any atom is 0.279 e. The van der Waals surface area contributed by atoms with Crippen molar-refractivity contribution in [2.24, 2.45) is 0 Å². The van der Waals surface area contributed by atoms with Gasteiger partial charge in [0.1, 0.15) is 0 Å². The summed E-state index contributed by atoms with van der Waals surface area (Å²) in [7, 11) is 0. The van der Waals surface area contributed by atoms with E-state index in [0.29, 0.717) is 10.4 Å². The van der Waals surface area contributed by atoms with Crippen LogP contribution in [0.15, 0.2) is 12.1 Å². The normalized spacial score (nSPS) is 10.6. The van der Waals surface area contributed by atoms with Crippen molar-refractivity contribution in [2.45, 2.75) is 47.0 Å². The molecule has 0 radical (unpaired) electrons. The minimum Gasteiger partial charge on any atom is -0.294 e. The Labute approximate surface area is 155 Å². The molecule has 0 aromatic carbocycles. The minimum atomic E-state index is -0.379. The van der Waals surface area contributed by atoms with E-state index in [4.69, 9.17) is 0 Å². The molecule has 2 rings (SSSR count). The molecule has 2 aromatic rings. The standard InChI is InChI=1S/C18H22N2O3S2/c1-5-15-10(2)8-16(25-15)18(23)20-19-17(22)7-6-14(21)13-9-11(3)24-12(13)4/h8-9H,5-7H2,1-4H3,(H,19,22)(H,20,23). The molecule has 0 bridgehead atoms. The molecule has 0 fully saturated rings. The molecule has 0 spiro atoms. The SMILES string of the molecule is CCc1sc(C(=O)NNC(=O)CCC(=O)c2cc(C)sc2C)cc1C. The summed E-state index contributed by atoms with van der Waals surface area (Å²) < 4.78 is 0. The maximum absolute atomic E-state index is 12.2. The van der Waals surface area contributed by atoms with Crippen LogP contribution < -0.4 is 10.9 Å². The fraction of sp³-hybridized carbons (Fsp3) is 0.389. The molecule has 5 nitrogen and oxygen atoms in total. The third kappa shape index (κ3) is 4.99. The molecule has 0 saturated carbocycles. The molecule has 0 aliphatic heterocycles. The van der Waals surface area contributed by atoms with Gasteiger partial charge in [-0.2, -0.15) is 0 Å². The zero-order chi connectivity index (χ0) is 18.6. The summed E-state index contributed by atoms with van der Waals surface area (Å²) in [6, 6.07) is 3.67. The van der Waals surface area contributed by atoms with Gasteiger partial charge in [0.2, 0.25) is 5.91 Å². The Balaban J connectivity index is 1.81. The lowest BCUT2D eigenvalue weighted by atomic mass is 10.1. The number of hydrogen-bond donors (Lipinski definition) is 2. The summed E-state index contributed by atoms with van der Waals surface area (Å²) in [5.41, 5.74) is 6.54. The second kappa shape index (κ2) is 8.40. The molecular weight excluding hydrogens is 356 g/mol. The number of carbonyl (C=O) groups is 3. The summed E-state index contributed by atoms with van der Waals surface area (Å²) in [5.74, 6) is -0.767. The highest BCUT2D eigenvalue weighted by Crippen LogP contribution is 2.23. The van der Waals surface area contributed by atoms with Crippen LogP contribution in [0.2, 0.25) is 0 Å². The predicted octanol–water partition coefficient (Wildman–Crippen LogP) is 3.72. The molecule has 0 aliphatic carbocycles. The molecule has 2 N–H and O–H groups in total. The summed E-state index contributed by atoms with van der Waals surface area (Å²) in [6.45, 7) is 7.85. The molecule has 2 amide bonds. The number of nitrogens with one attached hydrogen (secondary N) is 2. The topological polar surface area (TPSA) is 75.3 Å². The lowest BCUT2D eigenvalue weighted by Gasteiger charge is -2.06. The van der Waals surface area contributed by atoms with Crippen LogP contribution in [0.5, 0.6) is 0 Å². The molecule has 0 aliphatic rings. The van der Waals surface area contributed by atoms with Crippen LogP contribution in [-0.4, -0.2) is 17.6 Å². The van der Waals surface area contributed by atoms with Gasteiger partial charge in [-0.05, 0) is 44.9 Å². The van der Waals surface area contributed by atoms with Crippen LogP contribution >= 0.6 is 22.7 Å². The Morgan fingerprint density at radius 2 is 1.72 bits per heavy atom. The van der Waals surface area contributed by atoms with E-state index in [9.17, 15) is 14.4 Å². The van der Waals surface area contributed by atoms with Gasteiger partial charge >= 0.3 is 0 Å². The Kier molecular flexibility index (Phi) is 6.50. The molecule has 0 atom stereocenters. The number of ketones is 1. The van der Waals surface area contributed by atoms with Gasteiger partial charge in [-0.1, -0.05) is 6.92 Å². The van der Waals surface area contributed by atoms with E-state index in [2.05, 4.69) is 10.9 Å².